The van der Waals surface area contributed by atoms with Gasteiger partial charge >= 0.3 is 0 Å². The molecule has 1 aromatic rings. The van der Waals surface area contributed by atoms with Crippen molar-refractivity contribution < 1.29 is 4.79 Å². The average Bonchev–Trinajstić information content (AvgIpc) is 2.43. The van der Waals surface area contributed by atoms with Gasteiger partial charge in [-0.15, -0.1) is 0 Å². The van der Waals surface area contributed by atoms with Gasteiger partial charge in [-0.25, -0.2) is 0 Å². The fraction of sp³-hybridized carbons (Fsp3) is 0.562. The van der Waals surface area contributed by atoms with E-state index in [-0.39, 0.29) is 5.91 Å². The van der Waals surface area contributed by atoms with E-state index in [0.717, 1.165) is 37.5 Å². The van der Waals surface area contributed by atoms with E-state index >= 15 is 0 Å². The summed E-state index contributed by atoms with van der Waals surface area (Å²) in [5.41, 5.74) is 2.32. The summed E-state index contributed by atoms with van der Waals surface area (Å²) < 4.78 is 0. The van der Waals surface area contributed by atoms with Gasteiger partial charge in [-0.05, 0) is 50.8 Å². The van der Waals surface area contributed by atoms with Crippen LogP contribution in [0.5, 0.6) is 0 Å². The Bertz CT molecular complexity index is 394. The first kappa shape index (κ1) is 14.1. The van der Waals surface area contributed by atoms with Gasteiger partial charge in [0, 0.05) is 6.54 Å². The number of piperidine rings is 1. The highest BCUT2D eigenvalue weighted by molar-refractivity contribution is 5.78. The average molecular weight is 260 g/mol. The number of hydrogen-bond donors (Lipinski definition) is 2. The Balaban J connectivity index is 1.65. The topological polar surface area (TPSA) is 41.1 Å². The maximum Gasteiger partial charge on any atom is 0.224 e. The molecule has 1 amide bonds. The molecular weight excluding hydrogens is 236 g/mol. The molecule has 0 saturated carbocycles. The SMILES string of the molecule is Cc1ccc(CC(=O)NCCC2CCNCC2)cc1. The minimum absolute atomic E-state index is 0.137. The van der Waals surface area contributed by atoms with Crippen LogP contribution >= 0.6 is 0 Å². The van der Waals surface area contributed by atoms with Crippen LogP contribution in [0.15, 0.2) is 24.3 Å². The summed E-state index contributed by atoms with van der Waals surface area (Å²) in [6.45, 7) is 5.13. The van der Waals surface area contributed by atoms with Crippen molar-refractivity contribution in [2.24, 2.45) is 5.92 Å². The maximum absolute atomic E-state index is 11.8. The van der Waals surface area contributed by atoms with Crippen molar-refractivity contribution >= 4 is 5.91 Å². The monoisotopic (exact) mass is 260 g/mol. The molecule has 0 atom stereocenters. The highest BCUT2D eigenvalue weighted by atomic mass is 16.1. The van der Waals surface area contributed by atoms with Gasteiger partial charge in [0.05, 0.1) is 6.42 Å². The summed E-state index contributed by atoms with van der Waals surface area (Å²) in [7, 11) is 0. The smallest absolute Gasteiger partial charge is 0.224 e. The Labute approximate surface area is 115 Å². The summed E-state index contributed by atoms with van der Waals surface area (Å²) in [6, 6.07) is 8.17. The molecule has 0 bridgehead atoms. The van der Waals surface area contributed by atoms with Crippen molar-refractivity contribution in [1.29, 1.82) is 0 Å². The normalized spacial score (nSPS) is 16.3. The van der Waals surface area contributed by atoms with Crippen LogP contribution in [0.4, 0.5) is 0 Å². The van der Waals surface area contributed by atoms with Crippen LogP contribution in [0.1, 0.15) is 30.4 Å². The van der Waals surface area contributed by atoms with Gasteiger partial charge < -0.3 is 10.6 Å². The lowest BCUT2D eigenvalue weighted by atomic mass is 9.95. The van der Waals surface area contributed by atoms with E-state index in [2.05, 4.69) is 29.7 Å². The zero-order valence-electron chi connectivity index (χ0n) is 11.7. The van der Waals surface area contributed by atoms with Crippen LogP contribution in [0.3, 0.4) is 0 Å². The number of nitrogens with one attached hydrogen (secondary N) is 2. The molecule has 0 radical (unpaired) electrons. The number of rotatable bonds is 5. The van der Waals surface area contributed by atoms with Crippen molar-refractivity contribution in [1.82, 2.24) is 10.6 Å². The predicted octanol–water partition coefficient (Wildman–Crippen LogP) is 2.04. The zero-order valence-corrected chi connectivity index (χ0v) is 11.7. The van der Waals surface area contributed by atoms with E-state index in [1.807, 2.05) is 12.1 Å². The quantitative estimate of drug-likeness (QED) is 0.850. The standard InChI is InChI=1S/C16H24N2O/c1-13-2-4-15(5-3-13)12-16(19)18-11-8-14-6-9-17-10-7-14/h2-5,14,17H,6-12H2,1H3,(H,18,19). The van der Waals surface area contributed by atoms with Crippen LogP contribution in [0, 0.1) is 12.8 Å². The van der Waals surface area contributed by atoms with Gasteiger partial charge in [0.1, 0.15) is 0 Å². The summed E-state index contributed by atoms with van der Waals surface area (Å²) in [4.78, 5) is 11.8. The van der Waals surface area contributed by atoms with Crippen LogP contribution < -0.4 is 10.6 Å². The Morgan fingerprint density at radius 1 is 1.26 bits per heavy atom. The van der Waals surface area contributed by atoms with Gasteiger partial charge in [0.25, 0.3) is 0 Å². The predicted molar refractivity (Wildman–Crippen MR) is 78.1 cm³/mol. The molecule has 3 heteroatoms. The number of benzene rings is 1. The van der Waals surface area contributed by atoms with Crippen molar-refractivity contribution in [2.75, 3.05) is 19.6 Å². The lowest BCUT2D eigenvalue weighted by Gasteiger charge is -2.22. The molecule has 1 saturated heterocycles. The molecule has 1 aromatic carbocycles. The van der Waals surface area contributed by atoms with Crippen molar-refractivity contribution in [3.05, 3.63) is 35.4 Å². The van der Waals surface area contributed by atoms with Gasteiger partial charge in [0.2, 0.25) is 5.91 Å². The largest absolute Gasteiger partial charge is 0.356 e. The molecule has 104 valence electrons. The molecule has 0 aliphatic carbocycles. The van der Waals surface area contributed by atoms with E-state index < -0.39 is 0 Å². The van der Waals surface area contributed by atoms with Crippen molar-refractivity contribution in [3.8, 4) is 0 Å². The fourth-order valence-electron chi connectivity index (χ4n) is 2.54. The molecule has 1 aliphatic heterocycles. The molecule has 19 heavy (non-hydrogen) atoms. The highest BCUT2D eigenvalue weighted by Gasteiger charge is 2.12. The molecule has 1 aliphatic rings. The molecule has 2 rings (SSSR count). The zero-order chi connectivity index (χ0) is 13.5. The van der Waals surface area contributed by atoms with Crippen LogP contribution in [0.25, 0.3) is 0 Å². The minimum atomic E-state index is 0.137. The third-order valence-corrected chi connectivity index (χ3v) is 3.82. The first-order valence-corrected chi connectivity index (χ1v) is 7.27. The summed E-state index contributed by atoms with van der Waals surface area (Å²) >= 11 is 0. The van der Waals surface area contributed by atoms with E-state index in [0.29, 0.717) is 6.42 Å². The third kappa shape index (κ3) is 5.03. The van der Waals surface area contributed by atoms with Crippen LogP contribution in [0.2, 0.25) is 0 Å². The number of amides is 1. The van der Waals surface area contributed by atoms with Gasteiger partial charge in [-0.3, -0.25) is 4.79 Å². The molecule has 1 fully saturated rings. The summed E-state index contributed by atoms with van der Waals surface area (Å²) in [5, 5.41) is 6.40. The van der Waals surface area contributed by atoms with E-state index in [4.69, 9.17) is 0 Å². The van der Waals surface area contributed by atoms with E-state index in [1.165, 1.54) is 18.4 Å². The second-order valence-corrected chi connectivity index (χ2v) is 5.49. The van der Waals surface area contributed by atoms with E-state index in [9.17, 15) is 4.79 Å². The molecule has 0 aromatic heterocycles. The lowest BCUT2D eigenvalue weighted by molar-refractivity contribution is -0.120. The minimum Gasteiger partial charge on any atom is -0.356 e. The Kier molecular flexibility index (Phi) is 5.40. The third-order valence-electron chi connectivity index (χ3n) is 3.82. The second-order valence-electron chi connectivity index (χ2n) is 5.49. The van der Waals surface area contributed by atoms with Crippen LogP contribution in [-0.4, -0.2) is 25.5 Å². The second kappa shape index (κ2) is 7.29. The highest BCUT2D eigenvalue weighted by Crippen LogP contribution is 2.14. The summed E-state index contributed by atoms with van der Waals surface area (Å²) in [6.07, 6.45) is 4.09. The van der Waals surface area contributed by atoms with Crippen LogP contribution in [-0.2, 0) is 11.2 Å². The van der Waals surface area contributed by atoms with Gasteiger partial charge in [-0.1, -0.05) is 29.8 Å². The van der Waals surface area contributed by atoms with Gasteiger partial charge in [-0.2, -0.15) is 0 Å². The Morgan fingerprint density at radius 3 is 2.63 bits per heavy atom. The van der Waals surface area contributed by atoms with Crippen molar-refractivity contribution in [3.63, 3.8) is 0 Å². The summed E-state index contributed by atoms with van der Waals surface area (Å²) in [5.74, 6) is 0.915. The lowest BCUT2D eigenvalue weighted by Crippen LogP contribution is -2.31. The maximum atomic E-state index is 11.8. The first-order chi connectivity index (χ1) is 9.24. The number of carbonyl (C=O) groups is 1. The molecule has 1 heterocycles. The molecule has 0 spiro atoms. The number of carbonyl (C=O) groups excluding carboxylic acids is 1. The fourth-order valence-corrected chi connectivity index (χ4v) is 2.54. The Hall–Kier alpha value is -1.35. The number of hydrogen-bond acceptors (Lipinski definition) is 2. The number of aryl methyl sites for hydroxylation is 1. The Morgan fingerprint density at radius 2 is 1.95 bits per heavy atom. The molecule has 0 unspecified atom stereocenters. The van der Waals surface area contributed by atoms with Crippen molar-refractivity contribution in [2.45, 2.75) is 32.6 Å². The molecule has 3 nitrogen and oxygen atoms in total. The molecule has 2 N–H and O–H groups in total. The van der Waals surface area contributed by atoms with E-state index in [1.54, 1.807) is 0 Å². The first-order valence-electron chi connectivity index (χ1n) is 7.27. The van der Waals surface area contributed by atoms with Gasteiger partial charge in [0.15, 0.2) is 0 Å². The molecular formula is C16H24N2O.